The lowest BCUT2D eigenvalue weighted by molar-refractivity contribution is -0.139. The molecule has 2 heterocycles. The number of hydrogen-bond acceptors (Lipinski definition) is 5. The molecule has 0 saturated carbocycles. The minimum absolute atomic E-state index is 0.00606. The summed E-state index contributed by atoms with van der Waals surface area (Å²) in [7, 11) is -3.57. The highest BCUT2D eigenvalue weighted by Gasteiger charge is 2.33. The van der Waals surface area contributed by atoms with E-state index in [2.05, 4.69) is 5.32 Å². The standard InChI is InChI=1S/C15H28N4O4S/c1-3-18(4-2)24(22,23)12-15(21)17-8-5-6-13(11-17)19-9-7-16-10-14(19)20/h13,16H,3-12H2,1-2H3. The monoisotopic (exact) mass is 360 g/mol. The second-order valence-electron chi connectivity index (χ2n) is 6.24. The molecule has 0 aromatic heterocycles. The number of likely N-dealkylation sites (tertiary alicyclic amines) is 1. The maximum atomic E-state index is 12.5. The fourth-order valence-electron chi connectivity index (χ4n) is 3.40. The van der Waals surface area contributed by atoms with Gasteiger partial charge in [0.15, 0.2) is 0 Å². The van der Waals surface area contributed by atoms with E-state index in [1.165, 1.54) is 4.31 Å². The van der Waals surface area contributed by atoms with Gasteiger partial charge in [0.05, 0.1) is 6.54 Å². The van der Waals surface area contributed by atoms with E-state index >= 15 is 0 Å². The Morgan fingerprint density at radius 2 is 2.00 bits per heavy atom. The quantitative estimate of drug-likeness (QED) is 0.662. The highest BCUT2D eigenvalue weighted by atomic mass is 32.2. The molecule has 2 aliphatic rings. The first-order valence-corrected chi connectivity index (χ1v) is 10.3. The van der Waals surface area contributed by atoms with Crippen LogP contribution in [0.25, 0.3) is 0 Å². The molecular formula is C15H28N4O4S. The Bertz CT molecular complexity index is 562. The fourth-order valence-corrected chi connectivity index (χ4v) is 4.86. The fraction of sp³-hybridized carbons (Fsp3) is 0.867. The van der Waals surface area contributed by atoms with E-state index in [-0.39, 0.29) is 17.9 Å². The first-order chi connectivity index (χ1) is 11.4. The molecule has 0 bridgehead atoms. The lowest BCUT2D eigenvalue weighted by Gasteiger charge is -2.41. The summed E-state index contributed by atoms with van der Waals surface area (Å²) >= 11 is 0. The largest absolute Gasteiger partial charge is 0.340 e. The molecule has 2 fully saturated rings. The van der Waals surface area contributed by atoms with E-state index in [1.54, 1.807) is 18.7 Å². The van der Waals surface area contributed by atoms with Gasteiger partial charge in [-0.05, 0) is 12.8 Å². The highest BCUT2D eigenvalue weighted by Crippen LogP contribution is 2.18. The molecule has 2 rings (SSSR count). The molecule has 1 unspecified atom stereocenters. The van der Waals surface area contributed by atoms with Crippen molar-refractivity contribution in [2.45, 2.75) is 32.7 Å². The van der Waals surface area contributed by atoms with Gasteiger partial charge in [0.2, 0.25) is 21.8 Å². The van der Waals surface area contributed by atoms with Crippen molar-refractivity contribution in [1.82, 2.24) is 19.4 Å². The van der Waals surface area contributed by atoms with Crippen LogP contribution in [0.15, 0.2) is 0 Å². The van der Waals surface area contributed by atoms with Crippen molar-refractivity contribution < 1.29 is 18.0 Å². The minimum Gasteiger partial charge on any atom is -0.340 e. The van der Waals surface area contributed by atoms with Crippen LogP contribution in [-0.2, 0) is 19.6 Å². The summed E-state index contributed by atoms with van der Waals surface area (Å²) in [5.41, 5.74) is 0. The van der Waals surface area contributed by atoms with E-state index < -0.39 is 15.8 Å². The minimum atomic E-state index is -3.57. The van der Waals surface area contributed by atoms with Crippen molar-refractivity contribution in [1.29, 1.82) is 0 Å². The normalized spacial score (nSPS) is 23.0. The number of amides is 2. The Balaban J connectivity index is 1.98. The second-order valence-corrected chi connectivity index (χ2v) is 8.21. The number of rotatable bonds is 6. The predicted octanol–water partition coefficient (Wildman–Crippen LogP) is -0.919. The SMILES string of the molecule is CCN(CC)S(=O)(=O)CC(=O)N1CCCC(N2CCNCC2=O)C1. The third-order valence-electron chi connectivity index (χ3n) is 4.72. The molecule has 0 radical (unpaired) electrons. The Labute approximate surface area is 144 Å². The zero-order valence-corrected chi connectivity index (χ0v) is 15.3. The summed E-state index contributed by atoms with van der Waals surface area (Å²) < 4.78 is 25.9. The van der Waals surface area contributed by atoms with Gasteiger partial charge in [-0.15, -0.1) is 0 Å². The number of hydrogen-bond donors (Lipinski definition) is 1. The lowest BCUT2D eigenvalue weighted by Crippen LogP contribution is -2.58. The Hall–Kier alpha value is -1.19. The molecule has 138 valence electrons. The zero-order valence-electron chi connectivity index (χ0n) is 14.5. The van der Waals surface area contributed by atoms with Crippen LogP contribution in [0.5, 0.6) is 0 Å². The van der Waals surface area contributed by atoms with Crippen molar-refractivity contribution in [2.24, 2.45) is 0 Å². The number of carbonyl (C=O) groups is 2. The summed E-state index contributed by atoms with van der Waals surface area (Å²) in [5, 5.41) is 3.04. The first kappa shape index (κ1) is 19.1. The molecule has 2 aliphatic heterocycles. The maximum absolute atomic E-state index is 12.5. The van der Waals surface area contributed by atoms with E-state index in [1.807, 2.05) is 4.90 Å². The van der Waals surface area contributed by atoms with Crippen LogP contribution in [0.3, 0.4) is 0 Å². The molecule has 0 aromatic carbocycles. The van der Waals surface area contributed by atoms with E-state index in [0.717, 1.165) is 19.4 Å². The average Bonchev–Trinajstić information content (AvgIpc) is 2.55. The molecule has 0 aromatic rings. The number of piperazine rings is 1. The molecule has 8 nitrogen and oxygen atoms in total. The molecule has 2 amide bonds. The van der Waals surface area contributed by atoms with Crippen molar-refractivity contribution >= 4 is 21.8 Å². The van der Waals surface area contributed by atoms with Gasteiger partial charge in [-0.3, -0.25) is 9.59 Å². The molecule has 2 saturated heterocycles. The van der Waals surface area contributed by atoms with Crippen LogP contribution in [0.4, 0.5) is 0 Å². The van der Waals surface area contributed by atoms with Gasteiger partial charge in [0, 0.05) is 45.3 Å². The summed E-state index contributed by atoms with van der Waals surface area (Å²) in [6.07, 6.45) is 1.65. The van der Waals surface area contributed by atoms with Gasteiger partial charge in [-0.25, -0.2) is 12.7 Å². The van der Waals surface area contributed by atoms with Crippen LogP contribution in [0, 0.1) is 0 Å². The topological polar surface area (TPSA) is 90.0 Å². The Kier molecular flexibility index (Phi) is 6.59. The molecule has 0 spiro atoms. The number of sulfonamides is 1. The molecule has 1 atom stereocenters. The Morgan fingerprint density at radius 3 is 2.62 bits per heavy atom. The first-order valence-electron chi connectivity index (χ1n) is 8.64. The van der Waals surface area contributed by atoms with Gasteiger partial charge in [-0.1, -0.05) is 13.8 Å². The Morgan fingerprint density at radius 1 is 1.29 bits per heavy atom. The van der Waals surface area contributed by atoms with Crippen LogP contribution < -0.4 is 5.32 Å². The van der Waals surface area contributed by atoms with Crippen molar-refractivity contribution in [2.75, 3.05) is 51.6 Å². The van der Waals surface area contributed by atoms with E-state index in [9.17, 15) is 18.0 Å². The summed E-state index contributed by atoms with van der Waals surface area (Å²) in [6, 6.07) is -0.00606. The lowest BCUT2D eigenvalue weighted by atomic mass is 10.0. The summed E-state index contributed by atoms with van der Waals surface area (Å²) in [5.74, 6) is -0.804. The van der Waals surface area contributed by atoms with Crippen molar-refractivity contribution in [3.05, 3.63) is 0 Å². The second kappa shape index (κ2) is 8.26. The van der Waals surface area contributed by atoms with Gasteiger partial charge < -0.3 is 15.1 Å². The predicted molar refractivity (Wildman–Crippen MR) is 90.9 cm³/mol. The summed E-state index contributed by atoms with van der Waals surface area (Å²) in [6.45, 7) is 6.98. The molecular weight excluding hydrogens is 332 g/mol. The average molecular weight is 360 g/mol. The van der Waals surface area contributed by atoms with Gasteiger partial charge in [0.1, 0.15) is 5.75 Å². The van der Waals surface area contributed by atoms with E-state index in [0.29, 0.717) is 39.3 Å². The molecule has 0 aliphatic carbocycles. The smallest absolute Gasteiger partial charge is 0.239 e. The van der Waals surface area contributed by atoms with Crippen molar-refractivity contribution in [3.63, 3.8) is 0 Å². The van der Waals surface area contributed by atoms with Gasteiger partial charge in [-0.2, -0.15) is 0 Å². The van der Waals surface area contributed by atoms with Crippen LogP contribution in [0.2, 0.25) is 0 Å². The highest BCUT2D eigenvalue weighted by molar-refractivity contribution is 7.89. The summed E-state index contributed by atoms with van der Waals surface area (Å²) in [4.78, 5) is 27.9. The van der Waals surface area contributed by atoms with Gasteiger partial charge >= 0.3 is 0 Å². The third kappa shape index (κ3) is 4.46. The van der Waals surface area contributed by atoms with Gasteiger partial charge in [0.25, 0.3) is 0 Å². The van der Waals surface area contributed by atoms with E-state index in [4.69, 9.17) is 0 Å². The number of piperidine rings is 1. The van der Waals surface area contributed by atoms with Crippen molar-refractivity contribution in [3.8, 4) is 0 Å². The van der Waals surface area contributed by atoms with Crippen LogP contribution >= 0.6 is 0 Å². The zero-order chi connectivity index (χ0) is 17.7. The number of nitrogens with zero attached hydrogens (tertiary/aromatic N) is 3. The third-order valence-corrected chi connectivity index (χ3v) is 6.64. The number of carbonyl (C=O) groups excluding carboxylic acids is 2. The molecule has 9 heteroatoms. The van der Waals surface area contributed by atoms with Crippen LogP contribution in [0.1, 0.15) is 26.7 Å². The molecule has 24 heavy (non-hydrogen) atoms. The van der Waals surface area contributed by atoms with Crippen LogP contribution in [-0.4, -0.2) is 91.9 Å². The molecule has 1 N–H and O–H groups in total. The number of nitrogens with one attached hydrogen (secondary N) is 1. The maximum Gasteiger partial charge on any atom is 0.239 e.